The molecule has 4 rings (SSSR count). The number of aromatic nitrogens is 4. The SMILES string of the molecule is CC(C)C(=O)Nc1nc2c(ncn2[C@H]2O[C@@H](COC(=O)c3ccccc3)[C@@H](O)C2O[Si](C)(C)C(C)(C)C)c(=O)[nH]1. The van der Waals surface area contributed by atoms with Crippen molar-refractivity contribution >= 4 is 37.3 Å². The predicted octanol–water partition coefficient (Wildman–Crippen LogP) is 3.22. The molecule has 1 aliphatic rings. The summed E-state index contributed by atoms with van der Waals surface area (Å²) in [5.41, 5.74) is 0.00797. The topological polar surface area (TPSA) is 158 Å². The van der Waals surface area contributed by atoms with Crippen LogP contribution in [0.3, 0.4) is 0 Å². The minimum absolute atomic E-state index is 0.0330. The van der Waals surface area contributed by atoms with Crippen LogP contribution in [-0.2, 0) is 18.7 Å². The minimum Gasteiger partial charge on any atom is -0.459 e. The number of esters is 1. The van der Waals surface area contributed by atoms with Gasteiger partial charge in [-0.25, -0.2) is 9.78 Å². The third-order valence-electron chi connectivity index (χ3n) is 7.41. The van der Waals surface area contributed by atoms with E-state index in [0.29, 0.717) is 5.56 Å². The highest BCUT2D eigenvalue weighted by molar-refractivity contribution is 6.74. The number of aromatic amines is 1. The second-order valence-corrected chi connectivity index (χ2v) is 16.5. The molecule has 12 nitrogen and oxygen atoms in total. The van der Waals surface area contributed by atoms with E-state index in [9.17, 15) is 19.5 Å². The molecule has 3 aromatic rings. The van der Waals surface area contributed by atoms with E-state index >= 15 is 0 Å². The molecule has 3 heterocycles. The molecule has 1 unspecified atom stereocenters. The van der Waals surface area contributed by atoms with Crippen molar-refractivity contribution in [1.82, 2.24) is 19.5 Å². The number of carbonyl (C=O) groups is 2. The third-order valence-corrected chi connectivity index (χ3v) is 11.9. The Kier molecular flexibility index (Phi) is 8.31. The second-order valence-electron chi connectivity index (χ2n) is 11.7. The number of fused-ring (bicyclic) bond motifs is 1. The molecule has 1 aromatic carbocycles. The number of H-pyrrole nitrogens is 1. The van der Waals surface area contributed by atoms with Crippen molar-refractivity contribution < 1.29 is 28.6 Å². The van der Waals surface area contributed by atoms with Gasteiger partial charge < -0.3 is 19.0 Å². The maximum Gasteiger partial charge on any atom is 0.338 e. The van der Waals surface area contributed by atoms with E-state index in [1.165, 1.54) is 10.9 Å². The van der Waals surface area contributed by atoms with Crippen LogP contribution in [0.15, 0.2) is 41.5 Å². The molecule has 4 atom stereocenters. The van der Waals surface area contributed by atoms with Crippen LogP contribution >= 0.6 is 0 Å². The molecule has 40 heavy (non-hydrogen) atoms. The lowest BCUT2D eigenvalue weighted by atomic mass is 10.1. The molecule has 2 aromatic heterocycles. The molecule has 3 N–H and O–H groups in total. The van der Waals surface area contributed by atoms with Crippen LogP contribution in [0.1, 0.15) is 51.2 Å². The van der Waals surface area contributed by atoms with Gasteiger partial charge in [-0.15, -0.1) is 0 Å². The normalized spacial score (nSPS) is 21.6. The first kappa shape index (κ1) is 29.6. The summed E-state index contributed by atoms with van der Waals surface area (Å²) < 4.78 is 19.9. The van der Waals surface area contributed by atoms with E-state index in [4.69, 9.17) is 13.9 Å². The maximum atomic E-state index is 12.8. The van der Waals surface area contributed by atoms with Gasteiger partial charge in [0, 0.05) is 5.92 Å². The Balaban J connectivity index is 1.68. The van der Waals surface area contributed by atoms with Crippen LogP contribution in [0.5, 0.6) is 0 Å². The van der Waals surface area contributed by atoms with E-state index in [1.807, 2.05) is 13.1 Å². The molecule has 216 valence electrons. The Hall–Kier alpha value is -3.39. The number of imidazole rings is 1. The van der Waals surface area contributed by atoms with Crippen molar-refractivity contribution in [3.05, 3.63) is 52.6 Å². The molecule has 1 aliphatic heterocycles. The van der Waals surface area contributed by atoms with Crippen LogP contribution in [0, 0.1) is 5.92 Å². The lowest BCUT2D eigenvalue weighted by Crippen LogP contribution is -2.48. The van der Waals surface area contributed by atoms with Crippen molar-refractivity contribution in [2.24, 2.45) is 5.92 Å². The molecular formula is C27H37N5O7Si. The van der Waals surface area contributed by atoms with Crippen molar-refractivity contribution in [3.63, 3.8) is 0 Å². The van der Waals surface area contributed by atoms with Gasteiger partial charge in [0.25, 0.3) is 5.56 Å². The average Bonchev–Trinajstić information content (AvgIpc) is 3.43. The third kappa shape index (κ3) is 6.02. The number of aliphatic hydroxyl groups excluding tert-OH is 1. The number of ether oxygens (including phenoxy) is 2. The quantitative estimate of drug-likeness (QED) is 0.273. The molecular weight excluding hydrogens is 534 g/mol. The van der Waals surface area contributed by atoms with Gasteiger partial charge in [0.2, 0.25) is 11.9 Å². The largest absolute Gasteiger partial charge is 0.459 e. The molecule has 0 radical (unpaired) electrons. The van der Waals surface area contributed by atoms with Gasteiger partial charge >= 0.3 is 5.97 Å². The second kappa shape index (κ2) is 11.2. The summed E-state index contributed by atoms with van der Waals surface area (Å²) >= 11 is 0. The zero-order valence-electron chi connectivity index (χ0n) is 23.8. The molecule has 0 saturated carbocycles. The van der Waals surface area contributed by atoms with E-state index < -0.39 is 44.4 Å². The van der Waals surface area contributed by atoms with Gasteiger partial charge in [0.05, 0.1) is 11.9 Å². The number of carbonyl (C=O) groups excluding carboxylic acids is 2. The lowest BCUT2D eigenvalue weighted by molar-refractivity contribution is -0.118. The molecule has 0 aliphatic carbocycles. The van der Waals surface area contributed by atoms with Gasteiger partial charge in [-0.05, 0) is 30.3 Å². The summed E-state index contributed by atoms with van der Waals surface area (Å²) in [5, 5.41) is 13.8. The number of aliphatic hydroxyl groups is 1. The first-order valence-corrected chi connectivity index (χ1v) is 16.1. The molecule has 1 fully saturated rings. The summed E-state index contributed by atoms with van der Waals surface area (Å²) in [7, 11) is -2.44. The lowest BCUT2D eigenvalue weighted by Gasteiger charge is -2.40. The van der Waals surface area contributed by atoms with E-state index in [2.05, 4.69) is 41.0 Å². The van der Waals surface area contributed by atoms with E-state index in [-0.39, 0.29) is 40.6 Å². The van der Waals surface area contributed by atoms with E-state index in [0.717, 1.165) is 0 Å². The summed E-state index contributed by atoms with van der Waals surface area (Å²) in [4.78, 5) is 48.7. The highest BCUT2D eigenvalue weighted by Gasteiger charge is 2.51. The fourth-order valence-electron chi connectivity index (χ4n) is 3.97. The maximum absolute atomic E-state index is 12.8. The first-order chi connectivity index (χ1) is 18.7. The minimum atomic E-state index is -2.44. The van der Waals surface area contributed by atoms with Gasteiger partial charge in [-0.2, -0.15) is 4.98 Å². The summed E-state index contributed by atoms with van der Waals surface area (Å²) in [5.74, 6) is -1.23. The fraction of sp³-hybridized carbons (Fsp3) is 0.519. The molecule has 1 amide bonds. The number of amides is 1. The van der Waals surface area contributed by atoms with Crippen LogP contribution in [0.4, 0.5) is 5.95 Å². The Morgan fingerprint density at radius 1 is 1.23 bits per heavy atom. The average molecular weight is 572 g/mol. The number of anilines is 1. The van der Waals surface area contributed by atoms with Crippen LogP contribution in [0.25, 0.3) is 11.2 Å². The van der Waals surface area contributed by atoms with Gasteiger partial charge in [0.1, 0.15) is 24.9 Å². The smallest absolute Gasteiger partial charge is 0.338 e. The fourth-order valence-corrected chi connectivity index (χ4v) is 5.26. The number of hydrogen-bond acceptors (Lipinski definition) is 9. The number of benzene rings is 1. The first-order valence-electron chi connectivity index (χ1n) is 13.2. The number of nitrogens with zero attached hydrogens (tertiary/aromatic N) is 3. The number of rotatable bonds is 8. The molecule has 0 spiro atoms. The monoisotopic (exact) mass is 571 g/mol. The van der Waals surface area contributed by atoms with Crippen molar-refractivity contribution in [1.29, 1.82) is 0 Å². The Morgan fingerprint density at radius 3 is 2.52 bits per heavy atom. The molecule has 13 heteroatoms. The van der Waals surface area contributed by atoms with Crippen molar-refractivity contribution in [2.75, 3.05) is 11.9 Å². The molecule has 0 bridgehead atoms. The highest BCUT2D eigenvalue weighted by Crippen LogP contribution is 2.42. The van der Waals surface area contributed by atoms with Crippen molar-refractivity contribution in [2.45, 2.75) is 77.3 Å². The van der Waals surface area contributed by atoms with Gasteiger partial charge in [-0.1, -0.05) is 52.8 Å². The Morgan fingerprint density at radius 2 is 1.90 bits per heavy atom. The predicted molar refractivity (Wildman–Crippen MR) is 150 cm³/mol. The Bertz CT molecular complexity index is 1430. The standard InChI is InChI=1S/C27H37N5O7Si/c1-15(2)22(34)30-26-29-21-18(23(35)31-26)28-14-32(21)24-20(39-40(6,7)27(3,4)5)19(33)17(38-24)13-37-25(36)16-11-9-8-10-12-16/h8-12,14-15,17,19-20,24,33H,13H2,1-7H3,(H2,29,30,31,34,35)/t17-,19+,20?,24-/m0/s1. The number of nitrogens with one attached hydrogen (secondary N) is 2. The van der Waals surface area contributed by atoms with Crippen molar-refractivity contribution in [3.8, 4) is 0 Å². The van der Waals surface area contributed by atoms with Gasteiger partial charge in [-0.3, -0.25) is 24.5 Å². The summed E-state index contributed by atoms with van der Waals surface area (Å²) in [6.45, 7) is 13.5. The summed E-state index contributed by atoms with van der Waals surface area (Å²) in [6.07, 6.45) is -2.53. The van der Waals surface area contributed by atoms with Crippen LogP contribution in [-0.4, -0.2) is 69.7 Å². The summed E-state index contributed by atoms with van der Waals surface area (Å²) in [6, 6.07) is 8.52. The zero-order valence-corrected chi connectivity index (χ0v) is 24.8. The molecule has 1 saturated heterocycles. The van der Waals surface area contributed by atoms with E-state index in [1.54, 1.807) is 44.2 Å². The van der Waals surface area contributed by atoms with Gasteiger partial charge in [0.15, 0.2) is 25.7 Å². The van der Waals surface area contributed by atoms with Crippen LogP contribution in [0.2, 0.25) is 18.1 Å². The highest BCUT2D eigenvalue weighted by atomic mass is 28.4. The Labute approximate surface area is 233 Å². The number of hydrogen-bond donors (Lipinski definition) is 3. The zero-order chi connectivity index (χ0) is 29.4. The van der Waals surface area contributed by atoms with Crippen LogP contribution < -0.4 is 10.9 Å².